The molecule has 2 aliphatic heterocycles. The van der Waals surface area contributed by atoms with E-state index in [0.29, 0.717) is 26.2 Å². The topological polar surface area (TPSA) is 66.6 Å². The minimum absolute atomic E-state index is 0.00393. The van der Waals surface area contributed by atoms with E-state index >= 15 is 0 Å². The zero-order valence-electron chi connectivity index (χ0n) is 11.8. The average Bonchev–Trinajstić information content (AvgIpc) is 2.81. The van der Waals surface area contributed by atoms with Gasteiger partial charge in [0.05, 0.1) is 0 Å². The van der Waals surface area contributed by atoms with Crippen molar-refractivity contribution in [3.05, 3.63) is 0 Å². The zero-order valence-corrected chi connectivity index (χ0v) is 12.6. The molecule has 112 valence electrons. The quantitative estimate of drug-likeness (QED) is 0.852. The third-order valence-electron chi connectivity index (χ3n) is 4.28. The molecule has 0 aliphatic carbocycles. The van der Waals surface area contributed by atoms with E-state index in [1.165, 1.54) is 0 Å². The molecule has 19 heavy (non-hydrogen) atoms. The Bertz CT molecular complexity index is 364. The van der Waals surface area contributed by atoms with Crippen molar-refractivity contribution in [3.63, 3.8) is 0 Å². The molecule has 2 rings (SSSR count). The van der Waals surface area contributed by atoms with Crippen molar-refractivity contribution in [2.45, 2.75) is 57.4 Å². The molecule has 5 nitrogen and oxygen atoms in total. The van der Waals surface area contributed by atoms with Crippen LogP contribution < -0.4 is 5.73 Å². The summed E-state index contributed by atoms with van der Waals surface area (Å²) in [6.07, 6.45) is 8.34. The number of rotatable bonds is 3. The monoisotopic (exact) mass is 289 g/mol. The lowest BCUT2D eigenvalue weighted by Gasteiger charge is -2.33. The Hall–Kier alpha value is -0.170. The summed E-state index contributed by atoms with van der Waals surface area (Å²) in [5, 5.41) is 0. The Balaban J connectivity index is 2.14. The van der Waals surface area contributed by atoms with Crippen molar-refractivity contribution in [2.24, 2.45) is 5.73 Å². The van der Waals surface area contributed by atoms with Gasteiger partial charge in [0.2, 0.25) is 0 Å². The van der Waals surface area contributed by atoms with Gasteiger partial charge in [-0.2, -0.15) is 17.0 Å². The van der Waals surface area contributed by atoms with E-state index in [1.54, 1.807) is 8.61 Å². The van der Waals surface area contributed by atoms with Gasteiger partial charge in [-0.3, -0.25) is 0 Å². The van der Waals surface area contributed by atoms with Gasteiger partial charge in [0.25, 0.3) is 10.2 Å². The van der Waals surface area contributed by atoms with Crippen LogP contribution in [0.4, 0.5) is 0 Å². The van der Waals surface area contributed by atoms with E-state index in [0.717, 1.165) is 51.4 Å². The van der Waals surface area contributed by atoms with Crippen LogP contribution in [0.3, 0.4) is 0 Å². The highest BCUT2D eigenvalue weighted by Crippen LogP contribution is 2.23. The van der Waals surface area contributed by atoms with Gasteiger partial charge in [0, 0.05) is 32.2 Å². The van der Waals surface area contributed by atoms with Gasteiger partial charge in [-0.15, -0.1) is 0 Å². The molecule has 1 unspecified atom stereocenters. The Morgan fingerprint density at radius 3 is 2.11 bits per heavy atom. The van der Waals surface area contributed by atoms with Gasteiger partial charge < -0.3 is 5.73 Å². The largest absolute Gasteiger partial charge is 0.329 e. The standard InChI is InChI=1S/C13H27N3O2S/c14-12-13-8-4-3-7-11-16(13)19(17,18)15-9-5-1-2-6-10-15/h13H,1-12,14H2. The molecule has 0 radical (unpaired) electrons. The van der Waals surface area contributed by atoms with Crippen LogP contribution in [0.2, 0.25) is 0 Å². The van der Waals surface area contributed by atoms with Crippen LogP contribution >= 0.6 is 0 Å². The lowest BCUT2D eigenvalue weighted by Crippen LogP contribution is -2.51. The molecule has 6 heteroatoms. The molecule has 2 heterocycles. The highest BCUT2D eigenvalue weighted by atomic mass is 32.2. The van der Waals surface area contributed by atoms with Crippen LogP contribution in [0.5, 0.6) is 0 Å². The van der Waals surface area contributed by atoms with E-state index in [1.807, 2.05) is 0 Å². The SMILES string of the molecule is NCC1CCCCCN1S(=O)(=O)N1CCCCCC1. The van der Waals surface area contributed by atoms with Crippen molar-refractivity contribution in [2.75, 3.05) is 26.2 Å². The predicted molar refractivity (Wildman–Crippen MR) is 77.0 cm³/mol. The lowest BCUT2D eigenvalue weighted by atomic mass is 10.1. The van der Waals surface area contributed by atoms with Crippen molar-refractivity contribution in [3.8, 4) is 0 Å². The summed E-state index contributed by atoms with van der Waals surface area (Å²) in [7, 11) is -3.31. The van der Waals surface area contributed by atoms with Crippen molar-refractivity contribution < 1.29 is 8.42 Å². The first kappa shape index (κ1) is 15.2. The summed E-state index contributed by atoms with van der Waals surface area (Å²) in [6.45, 7) is 2.43. The Morgan fingerprint density at radius 1 is 0.895 bits per heavy atom. The van der Waals surface area contributed by atoms with Crippen LogP contribution in [0.25, 0.3) is 0 Å². The van der Waals surface area contributed by atoms with E-state index in [2.05, 4.69) is 0 Å². The summed E-state index contributed by atoms with van der Waals surface area (Å²) in [4.78, 5) is 0. The Labute approximate surface area is 117 Å². The van der Waals surface area contributed by atoms with Gasteiger partial charge in [-0.1, -0.05) is 25.7 Å². The van der Waals surface area contributed by atoms with Crippen LogP contribution in [0, 0.1) is 0 Å². The van der Waals surface area contributed by atoms with Crippen LogP contribution in [-0.4, -0.2) is 49.2 Å². The van der Waals surface area contributed by atoms with Crippen molar-refractivity contribution >= 4 is 10.2 Å². The van der Waals surface area contributed by atoms with E-state index in [-0.39, 0.29) is 6.04 Å². The fourth-order valence-electron chi connectivity index (χ4n) is 3.11. The van der Waals surface area contributed by atoms with Gasteiger partial charge >= 0.3 is 0 Å². The van der Waals surface area contributed by atoms with E-state index < -0.39 is 10.2 Å². The fraction of sp³-hybridized carbons (Fsp3) is 1.00. The summed E-state index contributed by atoms with van der Waals surface area (Å²) in [6, 6.07) is -0.00393. The van der Waals surface area contributed by atoms with Crippen molar-refractivity contribution in [1.29, 1.82) is 0 Å². The molecule has 2 N–H and O–H groups in total. The van der Waals surface area contributed by atoms with E-state index in [9.17, 15) is 8.42 Å². The molecule has 0 aromatic carbocycles. The van der Waals surface area contributed by atoms with Crippen LogP contribution in [0.15, 0.2) is 0 Å². The zero-order chi connectivity index (χ0) is 13.7. The summed E-state index contributed by atoms with van der Waals surface area (Å²) >= 11 is 0. The number of hydrogen-bond acceptors (Lipinski definition) is 3. The molecule has 0 amide bonds. The third kappa shape index (κ3) is 3.68. The molecular weight excluding hydrogens is 262 g/mol. The average molecular weight is 289 g/mol. The van der Waals surface area contributed by atoms with Gasteiger partial charge in [0.1, 0.15) is 0 Å². The molecule has 2 saturated heterocycles. The first-order valence-corrected chi connectivity index (χ1v) is 9.03. The van der Waals surface area contributed by atoms with E-state index in [4.69, 9.17) is 5.73 Å². The predicted octanol–water partition coefficient (Wildman–Crippen LogP) is 1.31. The maximum absolute atomic E-state index is 12.8. The maximum atomic E-state index is 12.8. The number of hydrogen-bond donors (Lipinski definition) is 1. The first-order chi connectivity index (χ1) is 9.16. The van der Waals surface area contributed by atoms with Crippen LogP contribution in [0.1, 0.15) is 51.4 Å². The number of nitrogens with two attached hydrogens (primary N) is 1. The Kier molecular flexibility index (Phi) is 5.62. The van der Waals surface area contributed by atoms with Gasteiger partial charge in [-0.05, 0) is 25.7 Å². The number of nitrogens with zero attached hydrogens (tertiary/aromatic N) is 2. The molecule has 0 saturated carbocycles. The molecule has 1 atom stereocenters. The molecule has 0 bridgehead atoms. The lowest BCUT2D eigenvalue weighted by molar-refractivity contribution is 0.289. The molecule has 0 aromatic rings. The molecule has 0 spiro atoms. The molecule has 0 aromatic heterocycles. The summed E-state index contributed by atoms with van der Waals surface area (Å²) in [5.74, 6) is 0. The maximum Gasteiger partial charge on any atom is 0.282 e. The van der Waals surface area contributed by atoms with Gasteiger partial charge in [-0.25, -0.2) is 0 Å². The second-order valence-electron chi connectivity index (χ2n) is 5.67. The highest BCUT2D eigenvalue weighted by Gasteiger charge is 2.34. The smallest absolute Gasteiger partial charge is 0.282 e. The second kappa shape index (κ2) is 7.02. The van der Waals surface area contributed by atoms with Crippen LogP contribution in [-0.2, 0) is 10.2 Å². The molecule has 2 aliphatic rings. The third-order valence-corrected chi connectivity index (χ3v) is 6.37. The minimum Gasteiger partial charge on any atom is -0.329 e. The first-order valence-electron chi connectivity index (χ1n) is 7.63. The highest BCUT2D eigenvalue weighted by molar-refractivity contribution is 7.86. The summed E-state index contributed by atoms with van der Waals surface area (Å²) < 4.78 is 29.0. The minimum atomic E-state index is -3.31. The Morgan fingerprint density at radius 2 is 1.47 bits per heavy atom. The molecule has 2 fully saturated rings. The van der Waals surface area contributed by atoms with Gasteiger partial charge in [0.15, 0.2) is 0 Å². The van der Waals surface area contributed by atoms with Crippen molar-refractivity contribution in [1.82, 2.24) is 8.61 Å². The molecular formula is C13H27N3O2S. The second-order valence-corrected chi connectivity index (χ2v) is 7.55. The normalized spacial score (nSPS) is 28.8. The summed E-state index contributed by atoms with van der Waals surface area (Å²) in [5.41, 5.74) is 5.80. The fourth-order valence-corrected chi connectivity index (χ4v) is 5.06.